The number of hydrogen-bond acceptors (Lipinski definition) is 4. The normalized spacial score (nSPS) is 12.8. The van der Waals surface area contributed by atoms with Crippen molar-refractivity contribution in [2.24, 2.45) is 7.05 Å². The Hall–Kier alpha value is -0.850. The number of hydrogen-bond donors (Lipinski definition) is 1. The molecule has 0 aromatic carbocycles. The fourth-order valence-electron chi connectivity index (χ4n) is 1.45. The van der Waals surface area contributed by atoms with Crippen LogP contribution in [-0.2, 0) is 7.05 Å². The highest BCUT2D eigenvalue weighted by Crippen LogP contribution is 2.33. The second kappa shape index (κ2) is 4.57. The average molecular weight is 303 g/mol. The predicted octanol–water partition coefficient (Wildman–Crippen LogP) is 2.33. The quantitative estimate of drug-likeness (QED) is 0.946. The van der Waals surface area contributed by atoms with Gasteiger partial charge in [-0.25, -0.2) is 0 Å². The van der Waals surface area contributed by atoms with E-state index in [4.69, 9.17) is 4.74 Å². The van der Waals surface area contributed by atoms with Gasteiger partial charge in [-0.05, 0) is 22.0 Å². The fourth-order valence-corrected chi connectivity index (χ4v) is 2.85. The van der Waals surface area contributed by atoms with Gasteiger partial charge in [-0.3, -0.25) is 4.68 Å². The van der Waals surface area contributed by atoms with Gasteiger partial charge in [0.2, 0.25) is 0 Å². The number of aliphatic hydroxyl groups is 1. The van der Waals surface area contributed by atoms with Crippen LogP contribution in [0.25, 0.3) is 0 Å². The molecule has 0 bridgehead atoms. The minimum absolute atomic E-state index is 0.684. The first-order valence-electron chi connectivity index (χ1n) is 4.61. The number of rotatable bonds is 3. The molecule has 2 rings (SSSR count). The molecule has 4 nitrogen and oxygen atoms in total. The molecule has 0 aliphatic carbocycles. The summed E-state index contributed by atoms with van der Waals surface area (Å²) in [5.74, 6) is 0.761. The van der Waals surface area contributed by atoms with Crippen molar-refractivity contribution in [2.45, 2.75) is 6.10 Å². The molecule has 0 saturated heterocycles. The summed E-state index contributed by atoms with van der Waals surface area (Å²) in [5, 5.41) is 16.2. The highest BCUT2D eigenvalue weighted by molar-refractivity contribution is 9.10. The molecule has 2 heterocycles. The number of aliphatic hydroxyl groups excluding tert-OH is 1. The molecule has 1 unspecified atom stereocenters. The van der Waals surface area contributed by atoms with E-state index in [2.05, 4.69) is 21.0 Å². The molecule has 1 N–H and O–H groups in total. The van der Waals surface area contributed by atoms with Gasteiger partial charge in [0, 0.05) is 17.3 Å². The fraction of sp³-hybridized carbons (Fsp3) is 0.300. The Morgan fingerprint density at radius 2 is 2.38 bits per heavy atom. The first kappa shape index (κ1) is 11.6. The maximum absolute atomic E-state index is 10.2. The van der Waals surface area contributed by atoms with E-state index in [9.17, 15) is 5.11 Å². The third kappa shape index (κ3) is 2.00. The van der Waals surface area contributed by atoms with Gasteiger partial charge in [0.25, 0.3) is 0 Å². The lowest BCUT2D eigenvalue weighted by Crippen LogP contribution is -2.05. The molecule has 2 aromatic rings. The summed E-state index contributed by atoms with van der Waals surface area (Å²) in [5.41, 5.74) is 0.740. The van der Waals surface area contributed by atoms with Gasteiger partial charge in [0.15, 0.2) is 0 Å². The minimum atomic E-state index is -0.684. The second-order valence-electron chi connectivity index (χ2n) is 3.29. The van der Waals surface area contributed by atoms with E-state index in [1.165, 1.54) is 11.3 Å². The lowest BCUT2D eigenvalue weighted by Gasteiger charge is -2.09. The average Bonchev–Trinajstić information content (AvgIpc) is 2.85. The standard InChI is InChI=1S/C10H11BrN2O2S/c1-13-9(7(11)4-12-13)10(14)8-3-6(15-2)5-16-8/h3-5,10,14H,1-2H3. The van der Waals surface area contributed by atoms with Crippen LogP contribution in [0.4, 0.5) is 0 Å². The Bertz CT molecular complexity index is 475. The lowest BCUT2D eigenvalue weighted by molar-refractivity contribution is 0.212. The number of methoxy groups -OCH3 is 1. The Morgan fingerprint density at radius 1 is 1.62 bits per heavy atom. The van der Waals surface area contributed by atoms with E-state index >= 15 is 0 Å². The van der Waals surface area contributed by atoms with Gasteiger partial charge in [-0.2, -0.15) is 5.10 Å². The number of halogens is 1. The summed E-state index contributed by atoms with van der Waals surface area (Å²) in [6.45, 7) is 0. The summed E-state index contributed by atoms with van der Waals surface area (Å²) in [7, 11) is 3.41. The first-order valence-corrected chi connectivity index (χ1v) is 6.28. The van der Waals surface area contributed by atoms with Crippen molar-refractivity contribution in [2.75, 3.05) is 7.11 Å². The van der Waals surface area contributed by atoms with Crippen molar-refractivity contribution in [3.05, 3.63) is 32.7 Å². The molecule has 16 heavy (non-hydrogen) atoms. The lowest BCUT2D eigenvalue weighted by atomic mass is 10.2. The topological polar surface area (TPSA) is 47.3 Å². The van der Waals surface area contributed by atoms with Crippen molar-refractivity contribution >= 4 is 27.3 Å². The second-order valence-corrected chi connectivity index (χ2v) is 5.09. The van der Waals surface area contributed by atoms with E-state index in [0.717, 1.165) is 20.8 Å². The van der Waals surface area contributed by atoms with Crippen LogP contribution >= 0.6 is 27.3 Å². The molecular formula is C10H11BrN2O2S. The Kier molecular flexibility index (Phi) is 3.32. The van der Waals surface area contributed by atoms with Crippen LogP contribution in [-0.4, -0.2) is 22.0 Å². The number of nitrogens with zero attached hydrogens (tertiary/aromatic N) is 2. The van der Waals surface area contributed by atoms with Crippen LogP contribution in [0.1, 0.15) is 16.7 Å². The van der Waals surface area contributed by atoms with E-state index in [0.29, 0.717) is 0 Å². The van der Waals surface area contributed by atoms with E-state index in [1.54, 1.807) is 25.0 Å². The molecule has 0 aliphatic rings. The van der Waals surface area contributed by atoms with Gasteiger partial charge in [0.05, 0.1) is 23.5 Å². The summed E-state index contributed by atoms with van der Waals surface area (Å²) in [4.78, 5) is 0.834. The van der Waals surface area contributed by atoms with Gasteiger partial charge < -0.3 is 9.84 Å². The van der Waals surface area contributed by atoms with Crippen molar-refractivity contribution in [1.82, 2.24) is 9.78 Å². The molecule has 0 saturated carbocycles. The zero-order chi connectivity index (χ0) is 11.7. The maximum atomic E-state index is 10.2. The van der Waals surface area contributed by atoms with E-state index in [1.807, 2.05) is 11.4 Å². The van der Waals surface area contributed by atoms with Gasteiger partial charge in [-0.1, -0.05) is 0 Å². The highest BCUT2D eigenvalue weighted by atomic mass is 79.9. The number of aromatic nitrogens is 2. The monoisotopic (exact) mass is 302 g/mol. The molecule has 0 radical (unpaired) electrons. The molecule has 2 aromatic heterocycles. The van der Waals surface area contributed by atoms with E-state index < -0.39 is 6.10 Å². The molecule has 0 amide bonds. The minimum Gasteiger partial charge on any atom is -0.496 e. The van der Waals surface area contributed by atoms with Crippen LogP contribution < -0.4 is 4.74 Å². The third-order valence-corrected chi connectivity index (χ3v) is 3.87. The summed E-state index contributed by atoms with van der Waals surface area (Å²) >= 11 is 4.83. The van der Waals surface area contributed by atoms with Crippen LogP contribution in [0.2, 0.25) is 0 Å². The molecule has 1 atom stereocenters. The van der Waals surface area contributed by atoms with Crippen LogP contribution in [0.15, 0.2) is 22.1 Å². The number of aryl methyl sites for hydroxylation is 1. The van der Waals surface area contributed by atoms with Crippen LogP contribution in [0.5, 0.6) is 5.75 Å². The molecule has 6 heteroatoms. The summed E-state index contributed by atoms with van der Waals surface area (Å²) in [6.07, 6.45) is 0.986. The van der Waals surface area contributed by atoms with Gasteiger partial charge in [-0.15, -0.1) is 11.3 Å². The molecule has 86 valence electrons. The van der Waals surface area contributed by atoms with Crippen molar-refractivity contribution in [3.63, 3.8) is 0 Å². The highest BCUT2D eigenvalue weighted by Gasteiger charge is 2.19. The third-order valence-electron chi connectivity index (χ3n) is 2.30. The van der Waals surface area contributed by atoms with Crippen molar-refractivity contribution in [3.8, 4) is 5.75 Å². The van der Waals surface area contributed by atoms with Crippen molar-refractivity contribution in [1.29, 1.82) is 0 Å². The van der Waals surface area contributed by atoms with Gasteiger partial charge >= 0.3 is 0 Å². The smallest absolute Gasteiger partial charge is 0.131 e. The number of thiophene rings is 1. The van der Waals surface area contributed by atoms with E-state index in [-0.39, 0.29) is 0 Å². The molecular weight excluding hydrogens is 292 g/mol. The molecule has 0 spiro atoms. The number of ether oxygens (including phenoxy) is 1. The Morgan fingerprint density at radius 3 is 2.88 bits per heavy atom. The van der Waals surface area contributed by atoms with Crippen LogP contribution in [0.3, 0.4) is 0 Å². The zero-order valence-corrected chi connectivity index (χ0v) is 11.2. The van der Waals surface area contributed by atoms with Crippen LogP contribution in [0, 0.1) is 0 Å². The zero-order valence-electron chi connectivity index (χ0n) is 8.85. The molecule has 0 aliphatic heterocycles. The van der Waals surface area contributed by atoms with Crippen molar-refractivity contribution < 1.29 is 9.84 Å². The Labute approximate surface area is 106 Å². The first-order chi connectivity index (χ1) is 7.63. The summed E-state index contributed by atoms with van der Waals surface area (Å²) in [6, 6.07) is 1.83. The SMILES string of the molecule is COc1csc(C(O)c2c(Br)cnn2C)c1. The van der Waals surface area contributed by atoms with Gasteiger partial charge in [0.1, 0.15) is 11.9 Å². The Balaban J connectivity index is 2.34. The largest absolute Gasteiger partial charge is 0.496 e. The molecule has 0 fully saturated rings. The summed E-state index contributed by atoms with van der Waals surface area (Å²) < 4.78 is 7.54. The predicted molar refractivity (Wildman–Crippen MR) is 65.8 cm³/mol. The maximum Gasteiger partial charge on any atom is 0.131 e.